The number of carbonyl (C=O) groups excluding carboxylic acids is 1. The third-order valence-corrected chi connectivity index (χ3v) is 2.84. The van der Waals surface area contributed by atoms with E-state index in [4.69, 9.17) is 10.8 Å². The summed E-state index contributed by atoms with van der Waals surface area (Å²) in [5.74, 6) is -1.30. The van der Waals surface area contributed by atoms with Gasteiger partial charge in [0.2, 0.25) is 11.9 Å². The number of nitrogen functional groups attached to an aromatic ring is 1. The van der Waals surface area contributed by atoms with E-state index in [0.717, 1.165) is 11.8 Å². The van der Waals surface area contributed by atoms with Crippen LogP contribution in [-0.2, 0) is 16.1 Å². The molecule has 0 saturated carbocycles. The number of nitrogens with zero attached hydrogens (tertiary/aromatic N) is 3. The molecule has 0 saturated heterocycles. The smallest absolute Gasteiger partial charge is 0.313 e. The van der Waals surface area contributed by atoms with Crippen LogP contribution in [-0.4, -0.2) is 43.0 Å². The van der Waals surface area contributed by atoms with E-state index < -0.39 is 5.97 Å². The van der Waals surface area contributed by atoms with Crippen molar-refractivity contribution in [2.45, 2.75) is 38.0 Å². The molecule has 1 aromatic heterocycles. The summed E-state index contributed by atoms with van der Waals surface area (Å²) in [6, 6.07) is 0. The molecule has 0 unspecified atom stereocenters. The van der Waals surface area contributed by atoms with Gasteiger partial charge in [-0.05, 0) is 20.8 Å². The summed E-state index contributed by atoms with van der Waals surface area (Å²) in [4.78, 5) is 22.3. The Morgan fingerprint density at radius 1 is 1.42 bits per heavy atom. The van der Waals surface area contributed by atoms with Crippen molar-refractivity contribution in [3.8, 4) is 0 Å². The average molecular weight is 287 g/mol. The van der Waals surface area contributed by atoms with Gasteiger partial charge in [-0.25, -0.2) is 0 Å². The summed E-state index contributed by atoms with van der Waals surface area (Å²) in [7, 11) is 0. The fourth-order valence-electron chi connectivity index (χ4n) is 1.28. The van der Waals surface area contributed by atoms with Crippen molar-refractivity contribution in [3.05, 3.63) is 0 Å². The number of amides is 1. The summed E-state index contributed by atoms with van der Waals surface area (Å²) in [6.45, 7) is 5.54. The normalized spacial score (nSPS) is 11.3. The number of hydrogen-bond acceptors (Lipinski definition) is 6. The molecular formula is C10H17N5O3S. The van der Waals surface area contributed by atoms with E-state index in [1.807, 2.05) is 20.8 Å². The van der Waals surface area contributed by atoms with Crippen molar-refractivity contribution in [3.63, 3.8) is 0 Å². The summed E-state index contributed by atoms with van der Waals surface area (Å²) in [6.07, 6.45) is 0. The van der Waals surface area contributed by atoms with E-state index in [1.165, 1.54) is 4.57 Å². The van der Waals surface area contributed by atoms with Crippen LogP contribution >= 0.6 is 11.8 Å². The van der Waals surface area contributed by atoms with Crippen molar-refractivity contribution in [1.29, 1.82) is 0 Å². The van der Waals surface area contributed by atoms with E-state index in [2.05, 4.69) is 15.5 Å². The molecule has 0 fully saturated rings. The first-order valence-electron chi connectivity index (χ1n) is 5.53. The minimum absolute atomic E-state index is 0.0436. The Morgan fingerprint density at radius 3 is 2.58 bits per heavy atom. The third-order valence-electron chi connectivity index (χ3n) is 1.89. The second kappa shape index (κ2) is 5.91. The summed E-state index contributed by atoms with van der Waals surface area (Å²) in [5.41, 5.74) is 5.26. The van der Waals surface area contributed by atoms with Crippen LogP contribution in [0.2, 0.25) is 0 Å². The molecule has 0 aromatic carbocycles. The third kappa shape index (κ3) is 5.16. The molecular weight excluding hydrogens is 270 g/mol. The second-order valence-corrected chi connectivity index (χ2v) is 5.85. The van der Waals surface area contributed by atoms with Crippen molar-refractivity contribution in [1.82, 2.24) is 20.1 Å². The van der Waals surface area contributed by atoms with E-state index in [-0.39, 0.29) is 29.7 Å². The van der Waals surface area contributed by atoms with Crippen LogP contribution in [0.3, 0.4) is 0 Å². The molecule has 1 heterocycles. The number of nitrogens with one attached hydrogen (secondary N) is 1. The van der Waals surface area contributed by atoms with Crippen molar-refractivity contribution < 1.29 is 14.7 Å². The predicted molar refractivity (Wildman–Crippen MR) is 70.7 cm³/mol. The molecule has 0 aliphatic heterocycles. The Hall–Kier alpha value is -1.77. The highest BCUT2D eigenvalue weighted by atomic mass is 32.2. The van der Waals surface area contributed by atoms with Crippen LogP contribution in [0.5, 0.6) is 0 Å². The number of aliphatic carboxylic acids is 1. The zero-order chi connectivity index (χ0) is 14.6. The monoisotopic (exact) mass is 287 g/mol. The Kier molecular flexibility index (Phi) is 4.76. The summed E-state index contributed by atoms with van der Waals surface area (Å²) < 4.78 is 1.38. The van der Waals surface area contributed by atoms with E-state index in [1.54, 1.807) is 0 Å². The first-order valence-corrected chi connectivity index (χ1v) is 6.52. The zero-order valence-corrected chi connectivity index (χ0v) is 11.8. The Labute approximate surface area is 114 Å². The molecule has 0 aliphatic carbocycles. The van der Waals surface area contributed by atoms with Gasteiger partial charge in [0.15, 0.2) is 5.16 Å². The molecule has 106 valence electrons. The highest BCUT2D eigenvalue weighted by Crippen LogP contribution is 2.17. The number of thioether (sulfide) groups is 1. The average Bonchev–Trinajstić information content (AvgIpc) is 2.55. The molecule has 8 nitrogen and oxygen atoms in total. The number of anilines is 1. The fourth-order valence-corrected chi connectivity index (χ4v) is 1.95. The van der Waals surface area contributed by atoms with Gasteiger partial charge < -0.3 is 16.2 Å². The maximum atomic E-state index is 11.8. The zero-order valence-electron chi connectivity index (χ0n) is 11.0. The van der Waals surface area contributed by atoms with Crippen molar-refractivity contribution in [2.24, 2.45) is 0 Å². The number of carboxylic acid groups (broad SMARTS) is 1. The Balaban J connectivity index is 2.74. The van der Waals surface area contributed by atoms with Gasteiger partial charge in [0.1, 0.15) is 6.54 Å². The molecule has 0 atom stereocenters. The van der Waals surface area contributed by atoms with Crippen molar-refractivity contribution in [2.75, 3.05) is 11.5 Å². The molecule has 1 rings (SSSR count). The van der Waals surface area contributed by atoms with Gasteiger partial charge in [-0.1, -0.05) is 11.8 Å². The molecule has 0 spiro atoms. The molecule has 1 amide bonds. The Morgan fingerprint density at radius 2 is 2.05 bits per heavy atom. The number of carboxylic acids is 1. The molecule has 4 N–H and O–H groups in total. The van der Waals surface area contributed by atoms with Gasteiger partial charge in [-0.2, -0.15) is 0 Å². The van der Waals surface area contributed by atoms with Crippen LogP contribution in [0, 0.1) is 0 Å². The Bertz CT molecular complexity index is 480. The molecule has 0 aliphatic rings. The van der Waals surface area contributed by atoms with Crippen LogP contribution in [0.1, 0.15) is 20.8 Å². The van der Waals surface area contributed by atoms with Crippen LogP contribution in [0.15, 0.2) is 5.16 Å². The van der Waals surface area contributed by atoms with Gasteiger partial charge in [0.05, 0.1) is 5.75 Å². The van der Waals surface area contributed by atoms with Gasteiger partial charge in [0, 0.05) is 5.54 Å². The lowest BCUT2D eigenvalue weighted by molar-refractivity contribution is -0.134. The lowest BCUT2D eigenvalue weighted by Gasteiger charge is -2.20. The molecule has 0 bridgehead atoms. The quantitative estimate of drug-likeness (QED) is 0.649. The SMILES string of the molecule is CC(C)(C)NC(=O)Cn1c(N)nnc1SCC(=O)O. The number of hydrogen-bond donors (Lipinski definition) is 3. The van der Waals surface area contributed by atoms with E-state index in [9.17, 15) is 9.59 Å². The van der Waals surface area contributed by atoms with Gasteiger partial charge in [0.25, 0.3) is 0 Å². The number of carbonyl (C=O) groups is 2. The van der Waals surface area contributed by atoms with E-state index >= 15 is 0 Å². The number of rotatable bonds is 5. The summed E-state index contributed by atoms with van der Waals surface area (Å²) in [5, 5.41) is 19.1. The topological polar surface area (TPSA) is 123 Å². The predicted octanol–water partition coefficient (Wildman–Crippen LogP) is -0.0483. The maximum absolute atomic E-state index is 11.8. The molecule has 19 heavy (non-hydrogen) atoms. The highest BCUT2D eigenvalue weighted by Gasteiger charge is 2.18. The number of aromatic nitrogens is 3. The van der Waals surface area contributed by atoms with Gasteiger partial charge in [-0.3, -0.25) is 14.2 Å². The van der Waals surface area contributed by atoms with Crippen molar-refractivity contribution >= 4 is 29.6 Å². The first-order chi connectivity index (χ1) is 8.69. The largest absolute Gasteiger partial charge is 0.481 e. The molecule has 0 radical (unpaired) electrons. The van der Waals surface area contributed by atoms with Crippen LogP contribution in [0.25, 0.3) is 0 Å². The number of nitrogens with two attached hydrogens (primary N) is 1. The fraction of sp³-hybridized carbons (Fsp3) is 0.600. The lowest BCUT2D eigenvalue weighted by atomic mass is 10.1. The van der Waals surface area contributed by atoms with Crippen LogP contribution in [0.4, 0.5) is 5.95 Å². The first kappa shape index (κ1) is 15.3. The van der Waals surface area contributed by atoms with Gasteiger partial charge >= 0.3 is 5.97 Å². The standard InChI is InChI=1S/C10H17N5O3S/c1-10(2,3)12-6(16)4-15-8(11)13-14-9(15)19-5-7(17)18/h4-5H2,1-3H3,(H2,11,13)(H,12,16)(H,17,18). The minimum atomic E-state index is -0.975. The lowest BCUT2D eigenvalue weighted by Crippen LogP contribution is -2.42. The minimum Gasteiger partial charge on any atom is -0.481 e. The summed E-state index contributed by atoms with van der Waals surface area (Å²) >= 11 is 0.966. The van der Waals surface area contributed by atoms with Gasteiger partial charge in [-0.15, -0.1) is 10.2 Å². The molecule has 9 heteroatoms. The maximum Gasteiger partial charge on any atom is 0.313 e. The van der Waals surface area contributed by atoms with E-state index in [0.29, 0.717) is 5.16 Å². The highest BCUT2D eigenvalue weighted by molar-refractivity contribution is 7.99. The molecule has 1 aromatic rings. The van der Waals surface area contributed by atoms with Crippen LogP contribution < -0.4 is 11.1 Å². The second-order valence-electron chi connectivity index (χ2n) is 4.91.